The van der Waals surface area contributed by atoms with Crippen LogP contribution < -0.4 is 0 Å². The molecule has 4 aliphatic carbocycles. The van der Waals surface area contributed by atoms with Gasteiger partial charge in [0, 0.05) is 28.0 Å². The van der Waals surface area contributed by atoms with Crippen molar-refractivity contribution in [2.45, 2.75) is 36.8 Å². The molecule has 5 aromatic rings. The first-order chi connectivity index (χ1) is 29.0. The lowest BCUT2D eigenvalue weighted by molar-refractivity contribution is 0.228. The summed E-state index contributed by atoms with van der Waals surface area (Å²) in [7, 11) is 0. The summed E-state index contributed by atoms with van der Waals surface area (Å²) in [6, 6.07) is 34.3. The van der Waals surface area contributed by atoms with Gasteiger partial charge in [-0.3, -0.25) is 0 Å². The molecule has 59 heavy (non-hydrogen) atoms. The lowest BCUT2D eigenvalue weighted by atomic mass is 9.69. The molecular formula is C57H49NO. The maximum Gasteiger partial charge on any atom is 0.142 e. The molecule has 4 atom stereocenters. The van der Waals surface area contributed by atoms with Crippen LogP contribution >= 0.6 is 0 Å². The summed E-state index contributed by atoms with van der Waals surface area (Å²) in [5.41, 5.74) is 13.1. The molecule has 0 saturated heterocycles. The van der Waals surface area contributed by atoms with E-state index in [1.54, 1.807) is 0 Å². The molecule has 0 saturated carbocycles. The van der Waals surface area contributed by atoms with E-state index in [-0.39, 0.29) is 18.0 Å². The zero-order valence-corrected chi connectivity index (χ0v) is 33.5. The maximum atomic E-state index is 6.38. The second-order valence-corrected chi connectivity index (χ2v) is 15.6. The van der Waals surface area contributed by atoms with Crippen molar-refractivity contribution in [3.63, 3.8) is 0 Å². The van der Waals surface area contributed by atoms with E-state index in [0.29, 0.717) is 6.42 Å². The fraction of sp³-hybridized carbons (Fsp3) is 0.123. The van der Waals surface area contributed by atoms with Gasteiger partial charge >= 0.3 is 0 Å². The molecule has 0 aliphatic heterocycles. The number of allylic oxidation sites excluding steroid dienone is 15. The molecule has 4 aliphatic rings. The standard InChI is InChI=1S/C57H49NO/c1-5-41-38-54(50-31-15-14-30-49(50)47(41)7-3)58(46(6-2)28-20-22-42-23-21-33-52-51-32-17-19-35-55(51)59-56(42)52)40(4)36-37-43-39-57(44-24-10-8-11-25-44,45-26-12-9-13-27-45)53-34-18-16-29-48(43)53/h5-8,10-12,14-27,29-39,46,50,54H,1-4,9,13,28H2/b22-20+,37-36-. The summed E-state index contributed by atoms with van der Waals surface area (Å²) in [5, 5.41) is 2.25. The topological polar surface area (TPSA) is 16.4 Å². The molecule has 9 rings (SSSR count). The molecule has 0 amide bonds. The van der Waals surface area contributed by atoms with Gasteiger partial charge in [0.25, 0.3) is 0 Å². The van der Waals surface area contributed by atoms with Crippen LogP contribution in [0.1, 0.15) is 41.5 Å². The van der Waals surface area contributed by atoms with Crippen LogP contribution in [0.5, 0.6) is 0 Å². The Morgan fingerprint density at radius 3 is 2.44 bits per heavy atom. The van der Waals surface area contributed by atoms with E-state index in [0.717, 1.165) is 57.2 Å². The molecule has 288 valence electrons. The number of hydrogen-bond acceptors (Lipinski definition) is 2. The highest BCUT2D eigenvalue weighted by atomic mass is 16.3. The van der Waals surface area contributed by atoms with E-state index in [1.165, 1.54) is 33.4 Å². The first kappa shape index (κ1) is 37.7. The first-order valence-corrected chi connectivity index (χ1v) is 20.7. The molecule has 0 bridgehead atoms. The third kappa shape index (κ3) is 6.65. The maximum absolute atomic E-state index is 6.38. The largest absolute Gasteiger partial charge is 0.455 e. The van der Waals surface area contributed by atoms with Crippen molar-refractivity contribution in [2.24, 2.45) is 5.92 Å². The van der Waals surface area contributed by atoms with Gasteiger partial charge < -0.3 is 9.32 Å². The van der Waals surface area contributed by atoms with Crippen molar-refractivity contribution < 1.29 is 4.42 Å². The van der Waals surface area contributed by atoms with Crippen LogP contribution in [0.15, 0.2) is 247 Å². The first-order valence-electron chi connectivity index (χ1n) is 20.7. The molecule has 4 unspecified atom stereocenters. The zero-order chi connectivity index (χ0) is 40.3. The summed E-state index contributed by atoms with van der Waals surface area (Å²) in [6.45, 7) is 17.7. The van der Waals surface area contributed by atoms with E-state index in [4.69, 9.17) is 11.0 Å². The number of furan rings is 1. The van der Waals surface area contributed by atoms with Gasteiger partial charge in [0.05, 0.1) is 17.5 Å². The molecule has 4 aromatic carbocycles. The normalized spacial score (nSPS) is 21.3. The van der Waals surface area contributed by atoms with E-state index in [2.05, 4.69) is 195 Å². The Bertz CT molecular complexity index is 2780. The van der Waals surface area contributed by atoms with Gasteiger partial charge in [-0.25, -0.2) is 0 Å². The monoisotopic (exact) mass is 763 g/mol. The van der Waals surface area contributed by atoms with Crippen molar-refractivity contribution in [3.8, 4) is 0 Å². The van der Waals surface area contributed by atoms with Crippen molar-refractivity contribution in [3.05, 3.63) is 265 Å². The van der Waals surface area contributed by atoms with Gasteiger partial charge in [-0.15, -0.1) is 6.58 Å². The van der Waals surface area contributed by atoms with Gasteiger partial charge in [-0.1, -0.05) is 202 Å². The third-order valence-corrected chi connectivity index (χ3v) is 12.4. The van der Waals surface area contributed by atoms with Crippen LogP contribution in [0.25, 0.3) is 33.6 Å². The zero-order valence-electron chi connectivity index (χ0n) is 33.5. The Balaban J connectivity index is 1.12. The minimum absolute atomic E-state index is 0.0546. The molecule has 0 N–H and O–H groups in total. The van der Waals surface area contributed by atoms with Gasteiger partial charge in [-0.05, 0) is 76.0 Å². The Labute approximate surface area is 349 Å². The minimum atomic E-state index is -0.391. The SMILES string of the molecule is C=CC1=CC(N(C(=C)/C=C\C2=CC(C3=CCCC=C3)(c3ccccc3)c3ccccc32)C(C=C)C/C=C/c2cccc3c2oc2ccccc23)C2C=CC=CC2=C1C=C. The molecular weight excluding hydrogens is 715 g/mol. The van der Waals surface area contributed by atoms with Crippen molar-refractivity contribution in [1.29, 1.82) is 0 Å². The molecule has 0 fully saturated rings. The van der Waals surface area contributed by atoms with Crippen LogP contribution in [0, 0.1) is 5.92 Å². The molecule has 0 spiro atoms. The quantitative estimate of drug-likeness (QED) is 0.0877. The van der Waals surface area contributed by atoms with Gasteiger partial charge in [0.15, 0.2) is 0 Å². The number of rotatable bonds is 13. The van der Waals surface area contributed by atoms with Gasteiger partial charge in [-0.2, -0.15) is 0 Å². The van der Waals surface area contributed by atoms with E-state index < -0.39 is 5.41 Å². The van der Waals surface area contributed by atoms with Crippen LogP contribution in [0.3, 0.4) is 0 Å². The van der Waals surface area contributed by atoms with Crippen molar-refractivity contribution in [1.82, 2.24) is 4.90 Å². The predicted molar refractivity (Wildman–Crippen MR) is 251 cm³/mol. The van der Waals surface area contributed by atoms with Gasteiger partial charge in [0.1, 0.15) is 11.2 Å². The number of fused-ring (bicyclic) bond motifs is 5. The second kappa shape index (κ2) is 16.2. The molecule has 2 nitrogen and oxygen atoms in total. The smallest absolute Gasteiger partial charge is 0.142 e. The second-order valence-electron chi connectivity index (χ2n) is 15.6. The third-order valence-electron chi connectivity index (χ3n) is 12.4. The predicted octanol–water partition coefficient (Wildman–Crippen LogP) is 14.3. The van der Waals surface area contributed by atoms with E-state index in [1.807, 2.05) is 24.3 Å². The van der Waals surface area contributed by atoms with Crippen molar-refractivity contribution >= 4 is 33.6 Å². The summed E-state index contributed by atoms with van der Waals surface area (Å²) >= 11 is 0. The van der Waals surface area contributed by atoms with Gasteiger partial charge in [0.2, 0.25) is 0 Å². The summed E-state index contributed by atoms with van der Waals surface area (Å²) in [4.78, 5) is 2.45. The minimum Gasteiger partial charge on any atom is -0.455 e. The average Bonchev–Trinajstić information content (AvgIpc) is 3.85. The van der Waals surface area contributed by atoms with Crippen LogP contribution in [-0.4, -0.2) is 17.0 Å². The summed E-state index contributed by atoms with van der Waals surface area (Å²) in [6.07, 6.45) is 38.4. The molecule has 2 heteroatoms. The average molecular weight is 764 g/mol. The number of nitrogens with zero attached hydrogens (tertiary/aromatic N) is 1. The van der Waals surface area contributed by atoms with Crippen molar-refractivity contribution in [2.75, 3.05) is 0 Å². The fourth-order valence-electron chi connectivity index (χ4n) is 9.65. The lowest BCUT2D eigenvalue weighted by Gasteiger charge is -2.44. The summed E-state index contributed by atoms with van der Waals surface area (Å²) < 4.78 is 6.38. The number of para-hydroxylation sites is 2. The molecule has 1 aromatic heterocycles. The number of benzene rings is 4. The molecule has 0 radical (unpaired) electrons. The lowest BCUT2D eigenvalue weighted by Crippen LogP contribution is -2.45. The van der Waals surface area contributed by atoms with E-state index >= 15 is 0 Å². The highest BCUT2D eigenvalue weighted by Gasteiger charge is 2.42. The fourth-order valence-corrected chi connectivity index (χ4v) is 9.65. The Kier molecular flexibility index (Phi) is 10.3. The Morgan fingerprint density at radius 2 is 1.63 bits per heavy atom. The Hall–Kier alpha value is -6.90. The van der Waals surface area contributed by atoms with Crippen LogP contribution in [-0.2, 0) is 5.41 Å². The molecule has 1 heterocycles. The summed E-state index contributed by atoms with van der Waals surface area (Å²) in [5.74, 6) is 0.0831. The number of hydrogen-bond donors (Lipinski definition) is 0. The highest BCUT2D eigenvalue weighted by Crippen LogP contribution is 2.51. The van der Waals surface area contributed by atoms with Crippen LogP contribution in [0.4, 0.5) is 0 Å². The van der Waals surface area contributed by atoms with E-state index in [9.17, 15) is 0 Å². The highest BCUT2D eigenvalue weighted by molar-refractivity contribution is 6.07. The Morgan fingerprint density at radius 1 is 0.814 bits per heavy atom. The van der Waals surface area contributed by atoms with Crippen LogP contribution in [0.2, 0.25) is 0 Å².